The number of ether oxygens (including phenoxy) is 3. The highest BCUT2D eigenvalue weighted by Gasteiger charge is 2.12. The van der Waals surface area contributed by atoms with Crippen LogP contribution >= 0.6 is 0 Å². The van der Waals surface area contributed by atoms with Crippen molar-refractivity contribution in [3.05, 3.63) is 58.1 Å². The molecule has 6 nitrogen and oxygen atoms in total. The summed E-state index contributed by atoms with van der Waals surface area (Å²) in [6.45, 7) is 9.81. The quantitative estimate of drug-likeness (QED) is 0.193. The van der Waals surface area contributed by atoms with Gasteiger partial charge in [-0.15, -0.1) is 0 Å². The van der Waals surface area contributed by atoms with Crippen molar-refractivity contribution in [2.45, 2.75) is 32.6 Å². The predicted octanol–water partition coefficient (Wildman–Crippen LogP) is 5.39. The Bertz CT molecular complexity index is 741. The van der Waals surface area contributed by atoms with E-state index in [9.17, 15) is 10.1 Å². The molecule has 0 bridgehead atoms. The minimum absolute atomic E-state index is 0.0337. The van der Waals surface area contributed by atoms with Crippen LogP contribution in [0.1, 0.15) is 5.56 Å². The first-order valence-corrected chi connectivity index (χ1v) is 12.2. The van der Waals surface area contributed by atoms with E-state index in [-0.39, 0.29) is 12.5 Å². The van der Waals surface area contributed by atoms with Crippen molar-refractivity contribution in [2.24, 2.45) is 0 Å². The van der Waals surface area contributed by atoms with Gasteiger partial charge in [-0.3, -0.25) is 10.1 Å². The Balaban J connectivity index is 1.87. The number of aryl methyl sites for hydroxylation is 1. The highest BCUT2D eigenvalue weighted by Crippen LogP contribution is 2.28. The lowest BCUT2D eigenvalue weighted by Crippen LogP contribution is -2.22. The zero-order chi connectivity index (χ0) is 19.2. The number of nitro benzene ring substituents is 1. The molecule has 0 N–H and O–H groups in total. The van der Waals surface area contributed by atoms with Crippen molar-refractivity contribution in [2.75, 3.05) is 13.4 Å². The Morgan fingerprint density at radius 2 is 1.69 bits per heavy atom. The van der Waals surface area contributed by atoms with E-state index in [4.69, 9.17) is 14.2 Å². The molecule has 0 heterocycles. The number of hydrogen-bond acceptors (Lipinski definition) is 5. The number of nitro groups is 1. The topological polar surface area (TPSA) is 70.8 Å². The highest BCUT2D eigenvalue weighted by atomic mass is 28.3. The molecule has 26 heavy (non-hydrogen) atoms. The van der Waals surface area contributed by atoms with Crippen molar-refractivity contribution in [1.29, 1.82) is 0 Å². The third-order valence-electron chi connectivity index (χ3n) is 3.72. The van der Waals surface area contributed by atoms with Crippen LogP contribution < -0.4 is 9.47 Å². The molecule has 2 aromatic carbocycles. The Kier molecular flexibility index (Phi) is 6.76. The van der Waals surface area contributed by atoms with Crippen molar-refractivity contribution < 1.29 is 19.1 Å². The molecule has 0 spiro atoms. The minimum Gasteiger partial charge on any atom is -0.467 e. The number of rotatable bonds is 9. The lowest BCUT2D eigenvalue weighted by molar-refractivity contribution is -0.384. The van der Waals surface area contributed by atoms with Gasteiger partial charge in [0.05, 0.1) is 4.92 Å². The van der Waals surface area contributed by atoms with Gasteiger partial charge in [0.25, 0.3) is 5.69 Å². The first-order valence-electron chi connectivity index (χ1n) is 8.48. The van der Waals surface area contributed by atoms with Gasteiger partial charge < -0.3 is 14.2 Å². The van der Waals surface area contributed by atoms with Crippen LogP contribution in [0.4, 0.5) is 5.69 Å². The number of hydrogen-bond donors (Lipinski definition) is 0. The molecule has 0 fully saturated rings. The average Bonchev–Trinajstić information content (AvgIpc) is 2.56. The molecule has 0 unspecified atom stereocenters. The molecule has 2 rings (SSSR count). The Morgan fingerprint density at radius 3 is 2.27 bits per heavy atom. The van der Waals surface area contributed by atoms with Crippen LogP contribution in [0, 0.1) is 17.0 Å². The van der Waals surface area contributed by atoms with Gasteiger partial charge in [0.2, 0.25) is 0 Å². The fraction of sp³-hybridized carbons (Fsp3) is 0.368. The lowest BCUT2D eigenvalue weighted by Gasteiger charge is -2.16. The van der Waals surface area contributed by atoms with E-state index < -0.39 is 13.0 Å². The van der Waals surface area contributed by atoms with E-state index in [0.29, 0.717) is 11.5 Å². The summed E-state index contributed by atoms with van der Waals surface area (Å²) in [6.07, 6.45) is 0. The Morgan fingerprint density at radius 1 is 1.04 bits per heavy atom. The molecule has 0 radical (unpaired) electrons. The molecule has 0 saturated carbocycles. The monoisotopic (exact) mass is 375 g/mol. The second kappa shape index (κ2) is 8.82. The number of benzene rings is 2. The molecular formula is C19H25NO5Si. The summed E-state index contributed by atoms with van der Waals surface area (Å²) in [5, 5.41) is 10.7. The van der Waals surface area contributed by atoms with Gasteiger partial charge in [0, 0.05) is 26.8 Å². The summed E-state index contributed by atoms with van der Waals surface area (Å²) in [6, 6.07) is 12.6. The minimum atomic E-state index is -1.09. The Labute approximate surface area is 154 Å². The van der Waals surface area contributed by atoms with Crippen molar-refractivity contribution in [1.82, 2.24) is 0 Å². The van der Waals surface area contributed by atoms with Crippen LogP contribution in [-0.2, 0) is 4.74 Å². The first-order chi connectivity index (χ1) is 12.2. The smallest absolute Gasteiger partial charge is 0.269 e. The largest absolute Gasteiger partial charge is 0.467 e. The van der Waals surface area contributed by atoms with Gasteiger partial charge in [-0.2, -0.15) is 0 Å². The zero-order valence-electron chi connectivity index (χ0n) is 15.7. The molecule has 0 aliphatic carbocycles. The van der Waals surface area contributed by atoms with Gasteiger partial charge in [0.1, 0.15) is 17.2 Å². The maximum Gasteiger partial charge on any atom is 0.269 e. The molecular weight excluding hydrogens is 350 g/mol. The highest BCUT2D eigenvalue weighted by molar-refractivity contribution is 6.76. The van der Waals surface area contributed by atoms with E-state index in [1.54, 1.807) is 18.2 Å². The molecule has 0 aliphatic heterocycles. The fourth-order valence-electron chi connectivity index (χ4n) is 2.16. The maximum atomic E-state index is 10.7. The van der Waals surface area contributed by atoms with Crippen LogP contribution in [0.5, 0.6) is 17.2 Å². The van der Waals surface area contributed by atoms with Crippen LogP contribution in [0.2, 0.25) is 25.7 Å². The van der Waals surface area contributed by atoms with E-state index in [0.717, 1.165) is 24.0 Å². The van der Waals surface area contributed by atoms with Crippen molar-refractivity contribution >= 4 is 13.8 Å². The maximum absolute atomic E-state index is 10.7. The third-order valence-corrected chi connectivity index (χ3v) is 5.43. The van der Waals surface area contributed by atoms with Crippen LogP contribution in [0.15, 0.2) is 42.5 Å². The molecule has 140 valence electrons. The molecule has 2 aromatic rings. The van der Waals surface area contributed by atoms with E-state index >= 15 is 0 Å². The fourth-order valence-corrected chi connectivity index (χ4v) is 2.92. The summed E-state index contributed by atoms with van der Waals surface area (Å²) in [5.74, 6) is 1.93. The normalized spacial score (nSPS) is 11.2. The molecule has 7 heteroatoms. The third kappa shape index (κ3) is 6.49. The summed E-state index contributed by atoms with van der Waals surface area (Å²) in [5.41, 5.74) is 0.963. The van der Waals surface area contributed by atoms with Gasteiger partial charge in [-0.25, -0.2) is 0 Å². The average molecular weight is 375 g/mol. The number of non-ortho nitro benzene ring substituents is 1. The predicted molar refractivity (Wildman–Crippen MR) is 104 cm³/mol. The van der Waals surface area contributed by atoms with Crippen LogP contribution in [0.25, 0.3) is 0 Å². The molecule has 0 amide bonds. The van der Waals surface area contributed by atoms with Gasteiger partial charge in [0.15, 0.2) is 6.79 Å². The first kappa shape index (κ1) is 19.9. The van der Waals surface area contributed by atoms with Crippen molar-refractivity contribution in [3.8, 4) is 17.2 Å². The van der Waals surface area contributed by atoms with E-state index in [2.05, 4.69) is 19.6 Å². The standard InChI is InChI=1S/C19H25NO5Si/c1-15-13-18(25-17-7-5-16(6-8-17)20(21)22)9-10-19(15)24-14-23-11-12-26(2,3)4/h5-10,13H,11-12,14H2,1-4H3. The van der Waals surface area contributed by atoms with Gasteiger partial charge in [-0.05, 0) is 48.9 Å². The molecule has 0 atom stereocenters. The Hall–Kier alpha value is -2.38. The lowest BCUT2D eigenvalue weighted by atomic mass is 10.2. The molecule has 0 aliphatic rings. The molecule has 0 aromatic heterocycles. The summed E-state index contributed by atoms with van der Waals surface area (Å²) >= 11 is 0. The van der Waals surface area contributed by atoms with Gasteiger partial charge >= 0.3 is 0 Å². The second-order valence-corrected chi connectivity index (χ2v) is 12.9. The summed E-state index contributed by atoms with van der Waals surface area (Å²) < 4.78 is 16.9. The van der Waals surface area contributed by atoms with Gasteiger partial charge in [-0.1, -0.05) is 19.6 Å². The van der Waals surface area contributed by atoms with E-state index in [1.165, 1.54) is 12.1 Å². The van der Waals surface area contributed by atoms with Crippen LogP contribution in [0.3, 0.4) is 0 Å². The molecule has 0 saturated heterocycles. The number of nitrogens with zero attached hydrogens (tertiary/aromatic N) is 1. The summed E-state index contributed by atoms with van der Waals surface area (Å²) in [7, 11) is -1.09. The van der Waals surface area contributed by atoms with Crippen LogP contribution in [-0.4, -0.2) is 26.4 Å². The summed E-state index contributed by atoms with van der Waals surface area (Å²) in [4.78, 5) is 10.2. The zero-order valence-corrected chi connectivity index (χ0v) is 16.7. The second-order valence-electron chi connectivity index (χ2n) is 7.26. The SMILES string of the molecule is Cc1cc(Oc2ccc([N+](=O)[O-])cc2)ccc1OCOCC[Si](C)(C)C. The van der Waals surface area contributed by atoms with E-state index in [1.807, 2.05) is 19.1 Å². The van der Waals surface area contributed by atoms with Crippen molar-refractivity contribution in [3.63, 3.8) is 0 Å².